The van der Waals surface area contributed by atoms with Gasteiger partial charge in [0.1, 0.15) is 5.75 Å². The van der Waals surface area contributed by atoms with Crippen LogP contribution in [0.5, 0.6) is 5.75 Å². The van der Waals surface area contributed by atoms with Gasteiger partial charge >= 0.3 is 0 Å². The Bertz CT molecular complexity index is 298. The van der Waals surface area contributed by atoms with Crippen molar-refractivity contribution < 1.29 is 5.11 Å². The van der Waals surface area contributed by atoms with Crippen LogP contribution in [0.15, 0.2) is 42.5 Å². The summed E-state index contributed by atoms with van der Waals surface area (Å²) in [6, 6.07) is 7.15. The maximum Gasteiger partial charge on any atom is 0.116 e. The molecule has 1 rings (SSSR count). The molecule has 1 N–H and O–H groups in total. The van der Waals surface area contributed by atoms with Crippen LogP contribution in [-0.2, 0) is 0 Å². The van der Waals surface area contributed by atoms with E-state index >= 15 is 0 Å². The van der Waals surface area contributed by atoms with Gasteiger partial charge in [0.2, 0.25) is 0 Å². The molecule has 0 atom stereocenters. The van der Waals surface area contributed by atoms with Gasteiger partial charge in [-0.2, -0.15) is 0 Å². The van der Waals surface area contributed by atoms with Crippen molar-refractivity contribution in [1.82, 2.24) is 0 Å². The SMILES string of the molecule is C/C=C\C=C/c1cccc(O)c1. The first-order valence-electron chi connectivity index (χ1n) is 3.91. The smallest absolute Gasteiger partial charge is 0.116 e. The average molecular weight is 160 g/mol. The van der Waals surface area contributed by atoms with Crippen LogP contribution in [0.4, 0.5) is 0 Å². The van der Waals surface area contributed by atoms with E-state index in [9.17, 15) is 0 Å². The monoisotopic (exact) mass is 160 g/mol. The predicted octanol–water partition coefficient (Wildman–Crippen LogP) is 2.98. The molecular weight excluding hydrogens is 148 g/mol. The largest absolute Gasteiger partial charge is 0.508 e. The van der Waals surface area contributed by atoms with E-state index in [1.165, 1.54) is 0 Å². The minimum atomic E-state index is 0.303. The van der Waals surface area contributed by atoms with E-state index in [1.54, 1.807) is 12.1 Å². The second-order valence-electron chi connectivity index (χ2n) is 2.48. The molecule has 0 bridgehead atoms. The second-order valence-corrected chi connectivity index (χ2v) is 2.48. The molecule has 0 unspecified atom stereocenters. The summed E-state index contributed by atoms with van der Waals surface area (Å²) >= 11 is 0. The molecule has 62 valence electrons. The first-order valence-corrected chi connectivity index (χ1v) is 3.91. The summed E-state index contributed by atoms with van der Waals surface area (Å²) in [5, 5.41) is 9.12. The minimum Gasteiger partial charge on any atom is -0.508 e. The summed E-state index contributed by atoms with van der Waals surface area (Å²) in [5.74, 6) is 0.303. The van der Waals surface area contributed by atoms with Gasteiger partial charge in [-0.1, -0.05) is 36.4 Å². The molecule has 0 heterocycles. The third kappa shape index (κ3) is 2.62. The molecule has 1 aromatic carbocycles. The van der Waals surface area contributed by atoms with E-state index in [-0.39, 0.29) is 0 Å². The lowest BCUT2D eigenvalue weighted by molar-refractivity contribution is 0.475. The first-order chi connectivity index (χ1) is 5.83. The number of hydrogen-bond donors (Lipinski definition) is 1. The molecule has 0 fully saturated rings. The lowest BCUT2D eigenvalue weighted by atomic mass is 10.2. The fraction of sp³-hybridized carbons (Fsp3) is 0.0909. The van der Waals surface area contributed by atoms with Crippen molar-refractivity contribution in [2.75, 3.05) is 0 Å². The Morgan fingerprint density at radius 2 is 2.08 bits per heavy atom. The highest BCUT2D eigenvalue weighted by Gasteiger charge is 1.86. The highest BCUT2D eigenvalue weighted by atomic mass is 16.3. The van der Waals surface area contributed by atoms with Crippen LogP contribution >= 0.6 is 0 Å². The van der Waals surface area contributed by atoms with Gasteiger partial charge in [-0.05, 0) is 24.6 Å². The van der Waals surface area contributed by atoms with Gasteiger partial charge in [-0.3, -0.25) is 0 Å². The molecule has 0 aliphatic heterocycles. The molecule has 0 saturated carbocycles. The topological polar surface area (TPSA) is 20.2 Å². The van der Waals surface area contributed by atoms with Crippen LogP contribution in [0.2, 0.25) is 0 Å². The van der Waals surface area contributed by atoms with Gasteiger partial charge in [-0.15, -0.1) is 0 Å². The van der Waals surface area contributed by atoms with E-state index < -0.39 is 0 Å². The molecule has 1 heteroatoms. The van der Waals surface area contributed by atoms with Crippen molar-refractivity contribution in [1.29, 1.82) is 0 Å². The quantitative estimate of drug-likeness (QED) is 0.659. The lowest BCUT2D eigenvalue weighted by Crippen LogP contribution is -1.69. The van der Waals surface area contributed by atoms with Gasteiger partial charge in [0.15, 0.2) is 0 Å². The highest BCUT2D eigenvalue weighted by molar-refractivity contribution is 5.52. The van der Waals surface area contributed by atoms with E-state index in [4.69, 9.17) is 5.11 Å². The first kappa shape index (κ1) is 8.60. The van der Waals surface area contributed by atoms with Crippen molar-refractivity contribution in [2.45, 2.75) is 6.92 Å². The van der Waals surface area contributed by atoms with Crippen LogP contribution in [0.1, 0.15) is 12.5 Å². The van der Waals surface area contributed by atoms with E-state index in [0.29, 0.717) is 5.75 Å². The van der Waals surface area contributed by atoms with Crippen molar-refractivity contribution >= 4 is 6.08 Å². The molecule has 0 amide bonds. The van der Waals surface area contributed by atoms with Crippen LogP contribution in [0.3, 0.4) is 0 Å². The summed E-state index contributed by atoms with van der Waals surface area (Å²) < 4.78 is 0. The maximum atomic E-state index is 9.12. The Balaban J connectivity index is 2.76. The Hall–Kier alpha value is -1.50. The number of hydrogen-bond acceptors (Lipinski definition) is 1. The Morgan fingerprint density at radius 1 is 1.25 bits per heavy atom. The Labute approximate surface area is 72.7 Å². The fourth-order valence-corrected chi connectivity index (χ4v) is 0.906. The number of aromatic hydroxyl groups is 1. The van der Waals surface area contributed by atoms with E-state index in [0.717, 1.165) is 5.56 Å². The van der Waals surface area contributed by atoms with Gasteiger partial charge in [0.05, 0.1) is 0 Å². The van der Waals surface area contributed by atoms with E-state index in [2.05, 4.69) is 0 Å². The molecule has 0 saturated heterocycles. The van der Waals surface area contributed by atoms with Gasteiger partial charge < -0.3 is 5.11 Å². The number of phenols is 1. The standard InChI is InChI=1S/C11H12O/c1-2-3-4-6-10-7-5-8-11(12)9-10/h2-9,12H,1H3/b3-2-,6-4-. The zero-order valence-electron chi connectivity index (χ0n) is 7.07. The summed E-state index contributed by atoms with van der Waals surface area (Å²) in [4.78, 5) is 0. The van der Waals surface area contributed by atoms with Crippen molar-refractivity contribution in [3.8, 4) is 5.75 Å². The van der Waals surface area contributed by atoms with Crippen LogP contribution in [0, 0.1) is 0 Å². The van der Waals surface area contributed by atoms with Crippen LogP contribution < -0.4 is 0 Å². The Kier molecular flexibility index (Phi) is 3.15. The predicted molar refractivity (Wildman–Crippen MR) is 52.0 cm³/mol. The van der Waals surface area contributed by atoms with Crippen molar-refractivity contribution in [3.05, 3.63) is 48.1 Å². The van der Waals surface area contributed by atoms with Crippen molar-refractivity contribution in [3.63, 3.8) is 0 Å². The number of phenolic OH excluding ortho intramolecular Hbond substituents is 1. The van der Waals surface area contributed by atoms with Gasteiger partial charge in [-0.25, -0.2) is 0 Å². The molecule has 0 aliphatic carbocycles. The molecular formula is C11H12O. The van der Waals surface area contributed by atoms with Gasteiger partial charge in [0.25, 0.3) is 0 Å². The third-order valence-corrected chi connectivity index (χ3v) is 1.46. The summed E-state index contributed by atoms with van der Waals surface area (Å²) in [5.41, 5.74) is 1.01. The number of benzene rings is 1. The fourth-order valence-electron chi connectivity index (χ4n) is 0.906. The van der Waals surface area contributed by atoms with Gasteiger partial charge in [0, 0.05) is 0 Å². The molecule has 1 aromatic rings. The normalized spacial score (nSPS) is 11.4. The third-order valence-electron chi connectivity index (χ3n) is 1.46. The average Bonchev–Trinajstić information content (AvgIpc) is 2.05. The molecule has 12 heavy (non-hydrogen) atoms. The van der Waals surface area contributed by atoms with E-state index in [1.807, 2.05) is 43.4 Å². The summed E-state index contributed by atoms with van der Waals surface area (Å²) in [6.45, 7) is 1.97. The zero-order chi connectivity index (χ0) is 8.81. The minimum absolute atomic E-state index is 0.303. The number of allylic oxidation sites excluding steroid dienone is 3. The molecule has 0 radical (unpaired) electrons. The zero-order valence-corrected chi connectivity index (χ0v) is 7.07. The molecule has 1 nitrogen and oxygen atoms in total. The van der Waals surface area contributed by atoms with Crippen LogP contribution in [-0.4, -0.2) is 5.11 Å². The molecule has 0 aliphatic rings. The summed E-state index contributed by atoms with van der Waals surface area (Å²) in [7, 11) is 0. The highest BCUT2D eigenvalue weighted by Crippen LogP contribution is 2.11. The molecule has 0 aromatic heterocycles. The second kappa shape index (κ2) is 4.39. The van der Waals surface area contributed by atoms with Crippen molar-refractivity contribution in [2.24, 2.45) is 0 Å². The maximum absolute atomic E-state index is 9.12. The number of rotatable bonds is 2. The van der Waals surface area contributed by atoms with Crippen LogP contribution in [0.25, 0.3) is 6.08 Å². The Morgan fingerprint density at radius 3 is 2.75 bits per heavy atom. The molecule has 0 spiro atoms. The lowest BCUT2D eigenvalue weighted by Gasteiger charge is -1.92. The summed E-state index contributed by atoms with van der Waals surface area (Å²) in [6.07, 6.45) is 7.79.